The molecule has 0 fully saturated rings. The Kier molecular flexibility index (Phi) is 6.81. The quantitative estimate of drug-likeness (QED) is 0.178. The maximum Gasteiger partial charge on any atom is 0.152 e. The van der Waals surface area contributed by atoms with Gasteiger partial charge in [0, 0.05) is 33.4 Å². The molecule has 1 aliphatic heterocycles. The number of ether oxygens (including phenoxy) is 1. The Labute approximate surface area is 296 Å². The Morgan fingerprint density at radius 2 is 0.863 bits per heavy atom. The first-order chi connectivity index (χ1) is 25.3. The number of rotatable bonds is 6. The van der Waals surface area contributed by atoms with Gasteiger partial charge in [0.1, 0.15) is 0 Å². The zero-order chi connectivity index (χ0) is 33.7. The molecule has 0 spiro atoms. The second kappa shape index (κ2) is 11.9. The van der Waals surface area contributed by atoms with Crippen molar-refractivity contribution in [3.05, 3.63) is 194 Å². The van der Waals surface area contributed by atoms with Crippen molar-refractivity contribution >= 4 is 38.9 Å². The summed E-state index contributed by atoms with van der Waals surface area (Å²) in [7, 11) is 0. The van der Waals surface area contributed by atoms with E-state index in [1.54, 1.807) is 0 Å². The van der Waals surface area contributed by atoms with E-state index in [1.165, 1.54) is 49.7 Å². The predicted octanol–water partition coefficient (Wildman–Crippen LogP) is 13.4. The van der Waals surface area contributed by atoms with Crippen LogP contribution in [-0.2, 0) is 0 Å². The number of aromatic nitrogens is 1. The van der Waals surface area contributed by atoms with Gasteiger partial charge in [0.15, 0.2) is 11.5 Å². The van der Waals surface area contributed by atoms with Crippen LogP contribution in [0.5, 0.6) is 11.5 Å². The smallest absolute Gasteiger partial charge is 0.152 e. The lowest BCUT2D eigenvalue weighted by Gasteiger charge is -2.25. The number of hydrogen-bond acceptors (Lipinski definition) is 2. The summed E-state index contributed by atoms with van der Waals surface area (Å²) in [4.78, 5) is 2.29. The molecule has 10 rings (SSSR count). The molecule has 0 atom stereocenters. The van der Waals surface area contributed by atoms with Crippen molar-refractivity contribution in [3.63, 3.8) is 0 Å². The zero-order valence-electron chi connectivity index (χ0n) is 27.8. The molecule has 0 N–H and O–H groups in total. The lowest BCUT2D eigenvalue weighted by atomic mass is 9.96. The van der Waals surface area contributed by atoms with Gasteiger partial charge in [0.25, 0.3) is 0 Å². The summed E-state index contributed by atoms with van der Waals surface area (Å²) in [5.74, 6) is 1.76. The fraction of sp³-hybridized carbons (Fsp3) is 0. The van der Waals surface area contributed by atoms with Gasteiger partial charge in [-0.25, -0.2) is 0 Å². The molecule has 0 amide bonds. The fourth-order valence-electron chi connectivity index (χ4n) is 7.61. The van der Waals surface area contributed by atoms with Gasteiger partial charge in [-0.15, -0.1) is 0 Å². The molecule has 0 saturated heterocycles. The van der Waals surface area contributed by atoms with Crippen LogP contribution in [0.1, 0.15) is 0 Å². The van der Waals surface area contributed by atoms with Crippen LogP contribution in [0.3, 0.4) is 0 Å². The monoisotopic (exact) mass is 652 g/mol. The Morgan fingerprint density at radius 3 is 1.57 bits per heavy atom. The van der Waals surface area contributed by atoms with E-state index in [2.05, 4.69) is 191 Å². The predicted molar refractivity (Wildman–Crippen MR) is 212 cm³/mol. The number of fused-ring (bicyclic) bond motifs is 5. The molecule has 0 unspecified atom stereocenters. The second-order valence-electron chi connectivity index (χ2n) is 13.0. The first-order valence-corrected chi connectivity index (χ1v) is 17.4. The van der Waals surface area contributed by atoms with Gasteiger partial charge in [-0.05, 0) is 88.5 Å². The number of benzene rings is 8. The zero-order valence-corrected chi connectivity index (χ0v) is 27.8. The van der Waals surface area contributed by atoms with Gasteiger partial charge in [0.2, 0.25) is 0 Å². The maximum absolute atomic E-state index is 6.37. The minimum absolute atomic E-state index is 0.873. The van der Waals surface area contributed by atoms with Crippen molar-refractivity contribution < 1.29 is 4.74 Å². The van der Waals surface area contributed by atoms with E-state index in [1.807, 2.05) is 12.1 Å². The fourth-order valence-corrected chi connectivity index (χ4v) is 7.61. The van der Waals surface area contributed by atoms with Crippen LogP contribution in [0, 0.1) is 0 Å². The summed E-state index contributed by atoms with van der Waals surface area (Å²) in [6.45, 7) is 0. The standard InChI is InChI=1S/C48H32N2O/c1-3-14-38(15-4-1)49(39-16-5-2-6-17-39)40-30-28-34(29-31-40)33-24-26-35(27-25-33)36-12-9-13-37(32-36)41-18-10-19-42-43-20-11-23-46-48(43)50(47(41)42)44-21-7-8-22-45(44)51-46/h1-32H. The molecule has 51 heavy (non-hydrogen) atoms. The van der Waals surface area contributed by atoms with Gasteiger partial charge in [-0.1, -0.05) is 133 Å². The second-order valence-corrected chi connectivity index (χ2v) is 13.0. The van der Waals surface area contributed by atoms with Crippen molar-refractivity contribution in [2.45, 2.75) is 0 Å². The molecule has 1 aromatic heterocycles. The van der Waals surface area contributed by atoms with E-state index in [9.17, 15) is 0 Å². The summed E-state index contributed by atoms with van der Waals surface area (Å²) < 4.78 is 8.76. The van der Waals surface area contributed by atoms with Crippen molar-refractivity contribution in [2.24, 2.45) is 0 Å². The lowest BCUT2D eigenvalue weighted by Crippen LogP contribution is -2.09. The highest BCUT2D eigenvalue weighted by Crippen LogP contribution is 2.47. The molecule has 2 heterocycles. The molecule has 9 aromatic rings. The van der Waals surface area contributed by atoms with E-state index in [-0.39, 0.29) is 0 Å². The number of hydrogen-bond donors (Lipinski definition) is 0. The Morgan fingerprint density at radius 1 is 0.353 bits per heavy atom. The van der Waals surface area contributed by atoms with Crippen LogP contribution in [-0.4, -0.2) is 4.57 Å². The highest BCUT2D eigenvalue weighted by Gasteiger charge is 2.25. The minimum atomic E-state index is 0.873. The minimum Gasteiger partial charge on any atom is -0.453 e. The van der Waals surface area contributed by atoms with Crippen LogP contribution in [0.4, 0.5) is 17.1 Å². The average Bonchev–Trinajstić information content (AvgIpc) is 3.55. The van der Waals surface area contributed by atoms with Crippen LogP contribution in [0.15, 0.2) is 194 Å². The van der Waals surface area contributed by atoms with Crippen LogP contribution < -0.4 is 9.64 Å². The summed E-state index contributed by atoms with van der Waals surface area (Å²) >= 11 is 0. The SMILES string of the molecule is c1ccc(N(c2ccccc2)c2ccc(-c3ccc(-c4cccc(-c5cccc6c7cccc8c7n(c56)-c5ccccc5O8)c4)cc3)cc2)cc1. The van der Waals surface area contributed by atoms with Gasteiger partial charge in [-0.3, -0.25) is 0 Å². The summed E-state index contributed by atoms with van der Waals surface area (Å²) in [5, 5.41) is 2.42. The number of para-hydroxylation sites is 6. The average molecular weight is 653 g/mol. The van der Waals surface area contributed by atoms with E-state index < -0.39 is 0 Å². The van der Waals surface area contributed by atoms with E-state index in [0.29, 0.717) is 0 Å². The molecule has 1 aliphatic rings. The molecular weight excluding hydrogens is 621 g/mol. The van der Waals surface area contributed by atoms with Crippen molar-refractivity contribution in [1.82, 2.24) is 4.57 Å². The van der Waals surface area contributed by atoms with E-state index in [4.69, 9.17) is 4.74 Å². The molecule has 0 saturated carbocycles. The first kappa shape index (κ1) is 29.1. The van der Waals surface area contributed by atoms with Crippen LogP contribution in [0.25, 0.3) is 60.9 Å². The van der Waals surface area contributed by atoms with Crippen molar-refractivity contribution in [1.29, 1.82) is 0 Å². The van der Waals surface area contributed by atoms with Gasteiger partial charge >= 0.3 is 0 Å². The third kappa shape index (κ3) is 4.90. The molecule has 3 nitrogen and oxygen atoms in total. The number of nitrogens with zero attached hydrogens (tertiary/aromatic N) is 2. The Balaban J connectivity index is 0.995. The normalized spacial score (nSPS) is 11.7. The Hall–Kier alpha value is -6.84. The molecule has 0 aliphatic carbocycles. The lowest BCUT2D eigenvalue weighted by molar-refractivity contribution is 0.476. The summed E-state index contributed by atoms with van der Waals surface area (Å²) in [6.07, 6.45) is 0. The molecule has 0 bridgehead atoms. The summed E-state index contributed by atoms with van der Waals surface area (Å²) in [6, 6.07) is 69.0. The molecule has 240 valence electrons. The first-order valence-electron chi connectivity index (χ1n) is 17.4. The largest absolute Gasteiger partial charge is 0.453 e. The molecule has 8 aromatic carbocycles. The van der Waals surface area contributed by atoms with Gasteiger partial charge < -0.3 is 14.2 Å². The highest BCUT2D eigenvalue weighted by atomic mass is 16.5. The number of anilines is 3. The maximum atomic E-state index is 6.37. The van der Waals surface area contributed by atoms with E-state index >= 15 is 0 Å². The van der Waals surface area contributed by atoms with E-state index in [0.717, 1.165) is 39.8 Å². The topological polar surface area (TPSA) is 17.4 Å². The van der Waals surface area contributed by atoms with Crippen LogP contribution >= 0.6 is 0 Å². The molecule has 0 radical (unpaired) electrons. The van der Waals surface area contributed by atoms with Gasteiger partial charge in [0.05, 0.1) is 16.7 Å². The van der Waals surface area contributed by atoms with Gasteiger partial charge in [-0.2, -0.15) is 0 Å². The van der Waals surface area contributed by atoms with Crippen molar-refractivity contribution in [2.75, 3.05) is 4.90 Å². The Bertz CT molecular complexity index is 2650. The third-order valence-corrected chi connectivity index (χ3v) is 9.98. The molecular formula is C48H32N2O. The molecule has 3 heteroatoms. The van der Waals surface area contributed by atoms with Crippen LogP contribution in [0.2, 0.25) is 0 Å². The highest BCUT2D eigenvalue weighted by molar-refractivity contribution is 6.16. The van der Waals surface area contributed by atoms with Crippen molar-refractivity contribution in [3.8, 4) is 50.6 Å². The third-order valence-electron chi connectivity index (χ3n) is 9.98. The summed E-state index contributed by atoms with van der Waals surface area (Å²) in [5.41, 5.74) is 13.9.